The first-order chi connectivity index (χ1) is 9.02. The average molecular weight is 265 g/mol. The number of phenols is 1. The predicted molar refractivity (Wildman–Crippen MR) is 66.4 cm³/mol. The quantitative estimate of drug-likeness (QED) is 0.832. The summed E-state index contributed by atoms with van der Waals surface area (Å²) < 4.78 is 4.90. The first kappa shape index (κ1) is 13.2. The highest BCUT2D eigenvalue weighted by atomic mass is 16.5. The first-order valence-electron chi connectivity index (χ1n) is 5.92. The molecular weight excluding hydrogens is 250 g/mol. The molecule has 6 heteroatoms. The number of hydrogen-bond acceptors (Lipinski definition) is 4. The standard InChI is InChI=1S/C13H15NO5/c1-19-11-5-2-8(6-10(11)15)13(18)14(7-12(16)17)9-3-4-9/h2,5-6,9,15H,3-4,7H2,1H3,(H,16,17). The third-order valence-electron chi connectivity index (χ3n) is 2.98. The minimum atomic E-state index is -1.04. The number of amides is 1. The Bertz CT molecular complexity index is 510. The third-order valence-corrected chi connectivity index (χ3v) is 2.98. The van der Waals surface area contributed by atoms with E-state index in [0.717, 1.165) is 12.8 Å². The molecule has 1 amide bonds. The summed E-state index contributed by atoms with van der Waals surface area (Å²) in [7, 11) is 1.41. The molecule has 6 nitrogen and oxygen atoms in total. The van der Waals surface area contributed by atoms with Crippen LogP contribution in [0.3, 0.4) is 0 Å². The van der Waals surface area contributed by atoms with Crippen LogP contribution in [0.1, 0.15) is 23.2 Å². The lowest BCUT2D eigenvalue weighted by Crippen LogP contribution is -2.37. The molecule has 0 saturated heterocycles. The van der Waals surface area contributed by atoms with Gasteiger partial charge in [0.2, 0.25) is 0 Å². The van der Waals surface area contributed by atoms with Crippen LogP contribution in [-0.4, -0.2) is 46.7 Å². The van der Waals surface area contributed by atoms with Crippen LogP contribution in [0.25, 0.3) is 0 Å². The van der Waals surface area contributed by atoms with E-state index >= 15 is 0 Å². The molecule has 102 valence electrons. The summed E-state index contributed by atoms with van der Waals surface area (Å²) in [6.45, 7) is -0.323. The van der Waals surface area contributed by atoms with Crippen LogP contribution in [0.2, 0.25) is 0 Å². The molecule has 1 aliphatic carbocycles. The molecule has 19 heavy (non-hydrogen) atoms. The molecule has 0 atom stereocenters. The van der Waals surface area contributed by atoms with Gasteiger partial charge in [-0.1, -0.05) is 0 Å². The molecule has 1 saturated carbocycles. The van der Waals surface area contributed by atoms with E-state index in [9.17, 15) is 14.7 Å². The van der Waals surface area contributed by atoms with Crippen molar-refractivity contribution >= 4 is 11.9 Å². The fourth-order valence-corrected chi connectivity index (χ4v) is 1.89. The number of carbonyl (C=O) groups excluding carboxylic acids is 1. The number of methoxy groups -OCH3 is 1. The Kier molecular flexibility index (Phi) is 3.59. The van der Waals surface area contributed by atoms with Crippen molar-refractivity contribution in [1.82, 2.24) is 4.90 Å². The second-order valence-corrected chi connectivity index (χ2v) is 4.44. The number of benzene rings is 1. The van der Waals surface area contributed by atoms with Gasteiger partial charge in [0.05, 0.1) is 7.11 Å². The summed E-state index contributed by atoms with van der Waals surface area (Å²) in [6, 6.07) is 4.28. The molecule has 2 N–H and O–H groups in total. The maximum absolute atomic E-state index is 12.2. The van der Waals surface area contributed by atoms with Crippen LogP contribution in [0, 0.1) is 0 Å². The van der Waals surface area contributed by atoms with E-state index < -0.39 is 5.97 Å². The average Bonchev–Trinajstić information content (AvgIpc) is 3.19. The minimum absolute atomic E-state index is 0.00663. The number of carboxylic acids is 1. The Hall–Kier alpha value is -2.24. The Morgan fingerprint density at radius 1 is 1.42 bits per heavy atom. The van der Waals surface area contributed by atoms with Gasteiger partial charge in [-0.25, -0.2) is 0 Å². The molecular formula is C13H15NO5. The molecule has 1 aromatic carbocycles. The van der Waals surface area contributed by atoms with Gasteiger partial charge >= 0.3 is 5.97 Å². The summed E-state index contributed by atoms with van der Waals surface area (Å²) in [5, 5.41) is 18.5. The highest BCUT2D eigenvalue weighted by Crippen LogP contribution is 2.30. The Balaban J connectivity index is 2.21. The summed E-state index contributed by atoms with van der Waals surface area (Å²) in [6.07, 6.45) is 1.64. The summed E-state index contributed by atoms with van der Waals surface area (Å²) in [4.78, 5) is 24.3. The maximum atomic E-state index is 12.2. The normalized spacial score (nSPS) is 13.9. The zero-order chi connectivity index (χ0) is 14.0. The van der Waals surface area contributed by atoms with E-state index in [4.69, 9.17) is 9.84 Å². The van der Waals surface area contributed by atoms with Crippen molar-refractivity contribution < 1.29 is 24.5 Å². The van der Waals surface area contributed by atoms with Crippen molar-refractivity contribution in [2.45, 2.75) is 18.9 Å². The van der Waals surface area contributed by atoms with Crippen LogP contribution in [0.5, 0.6) is 11.5 Å². The maximum Gasteiger partial charge on any atom is 0.323 e. The number of rotatable bonds is 5. The number of phenolic OH excluding ortho intramolecular Hbond substituents is 1. The van der Waals surface area contributed by atoms with E-state index in [1.807, 2.05) is 0 Å². The van der Waals surface area contributed by atoms with Crippen LogP contribution in [0.15, 0.2) is 18.2 Å². The van der Waals surface area contributed by atoms with Gasteiger partial charge < -0.3 is 19.8 Å². The van der Waals surface area contributed by atoms with E-state index in [0.29, 0.717) is 0 Å². The molecule has 0 aliphatic heterocycles. The summed E-state index contributed by atoms with van der Waals surface area (Å²) in [5.41, 5.74) is 0.256. The monoisotopic (exact) mass is 265 g/mol. The fourth-order valence-electron chi connectivity index (χ4n) is 1.89. The highest BCUT2D eigenvalue weighted by molar-refractivity contribution is 5.96. The van der Waals surface area contributed by atoms with Crippen molar-refractivity contribution in [3.8, 4) is 11.5 Å². The summed E-state index contributed by atoms with van der Waals surface area (Å²) >= 11 is 0. The second kappa shape index (κ2) is 5.17. The van der Waals surface area contributed by atoms with Gasteiger partial charge in [0.15, 0.2) is 11.5 Å². The zero-order valence-corrected chi connectivity index (χ0v) is 10.5. The highest BCUT2D eigenvalue weighted by Gasteiger charge is 2.34. The van der Waals surface area contributed by atoms with Crippen LogP contribution >= 0.6 is 0 Å². The van der Waals surface area contributed by atoms with E-state index in [2.05, 4.69) is 0 Å². The van der Waals surface area contributed by atoms with Crippen molar-refractivity contribution in [2.75, 3.05) is 13.7 Å². The van der Waals surface area contributed by atoms with Crippen molar-refractivity contribution in [3.05, 3.63) is 23.8 Å². The van der Waals surface area contributed by atoms with Gasteiger partial charge in [-0.2, -0.15) is 0 Å². The number of carboxylic acid groups (broad SMARTS) is 1. The molecule has 1 aromatic rings. The number of hydrogen-bond donors (Lipinski definition) is 2. The smallest absolute Gasteiger partial charge is 0.323 e. The number of aromatic hydroxyl groups is 1. The molecule has 1 fully saturated rings. The third kappa shape index (κ3) is 2.96. The minimum Gasteiger partial charge on any atom is -0.504 e. The molecule has 0 heterocycles. The first-order valence-corrected chi connectivity index (χ1v) is 5.92. The molecule has 0 aromatic heterocycles. The van der Waals surface area contributed by atoms with Crippen molar-refractivity contribution in [3.63, 3.8) is 0 Å². The van der Waals surface area contributed by atoms with Crippen molar-refractivity contribution in [2.24, 2.45) is 0 Å². The lowest BCUT2D eigenvalue weighted by atomic mass is 10.1. The SMILES string of the molecule is COc1ccc(C(=O)N(CC(=O)O)C2CC2)cc1O. The summed E-state index contributed by atoms with van der Waals surface area (Å²) in [5.74, 6) is -1.30. The Morgan fingerprint density at radius 3 is 2.58 bits per heavy atom. The van der Waals surface area contributed by atoms with Crippen LogP contribution in [-0.2, 0) is 4.79 Å². The number of nitrogens with zero attached hydrogens (tertiary/aromatic N) is 1. The number of aliphatic carboxylic acids is 1. The molecule has 0 radical (unpaired) electrons. The van der Waals surface area contributed by atoms with Crippen LogP contribution < -0.4 is 4.74 Å². The van der Waals surface area contributed by atoms with Gasteiger partial charge in [0, 0.05) is 11.6 Å². The van der Waals surface area contributed by atoms with Gasteiger partial charge in [0.25, 0.3) is 5.91 Å². The topological polar surface area (TPSA) is 87.1 Å². The molecule has 0 unspecified atom stereocenters. The number of ether oxygens (including phenoxy) is 1. The van der Waals surface area contributed by atoms with Gasteiger partial charge in [0.1, 0.15) is 6.54 Å². The van der Waals surface area contributed by atoms with E-state index in [1.54, 1.807) is 0 Å². The van der Waals surface area contributed by atoms with E-state index in [-0.39, 0.29) is 35.6 Å². The molecule has 2 rings (SSSR count). The Morgan fingerprint density at radius 2 is 2.11 bits per heavy atom. The largest absolute Gasteiger partial charge is 0.504 e. The molecule has 0 bridgehead atoms. The predicted octanol–water partition coefficient (Wildman–Crippen LogP) is 1.09. The van der Waals surface area contributed by atoms with Gasteiger partial charge in [-0.3, -0.25) is 9.59 Å². The van der Waals surface area contributed by atoms with E-state index in [1.165, 1.54) is 30.2 Å². The van der Waals surface area contributed by atoms with Gasteiger partial charge in [-0.15, -0.1) is 0 Å². The number of carbonyl (C=O) groups is 2. The van der Waals surface area contributed by atoms with Gasteiger partial charge in [-0.05, 0) is 31.0 Å². The lowest BCUT2D eigenvalue weighted by molar-refractivity contribution is -0.137. The molecule has 1 aliphatic rings. The zero-order valence-electron chi connectivity index (χ0n) is 10.5. The lowest BCUT2D eigenvalue weighted by Gasteiger charge is -2.20. The fraction of sp³-hybridized carbons (Fsp3) is 0.385. The Labute approximate surface area is 110 Å². The second-order valence-electron chi connectivity index (χ2n) is 4.44. The molecule has 0 spiro atoms. The van der Waals surface area contributed by atoms with Crippen molar-refractivity contribution in [1.29, 1.82) is 0 Å². The van der Waals surface area contributed by atoms with Crippen LogP contribution in [0.4, 0.5) is 0 Å².